The topological polar surface area (TPSA) is 71.5 Å². The number of ether oxygens (including phenoxy) is 1. The van der Waals surface area contributed by atoms with Crippen molar-refractivity contribution in [1.29, 1.82) is 0 Å². The lowest BCUT2D eigenvalue weighted by molar-refractivity contribution is 0.0602. The van der Waals surface area contributed by atoms with Crippen LogP contribution >= 0.6 is 0 Å². The van der Waals surface area contributed by atoms with Gasteiger partial charge in [-0.3, -0.25) is 4.79 Å². The van der Waals surface area contributed by atoms with Crippen molar-refractivity contribution in [3.05, 3.63) is 84.1 Å². The van der Waals surface area contributed by atoms with E-state index in [1.54, 1.807) is 36.4 Å². The number of aromatic nitrogens is 1. The second kappa shape index (κ2) is 8.81. The van der Waals surface area contributed by atoms with Crippen LogP contribution in [0.2, 0.25) is 0 Å². The number of methoxy groups -OCH3 is 1. The van der Waals surface area contributed by atoms with Crippen molar-refractivity contribution >= 4 is 29.1 Å². The van der Waals surface area contributed by atoms with Gasteiger partial charge in [-0.2, -0.15) is 0 Å². The molecule has 28 heavy (non-hydrogen) atoms. The lowest BCUT2D eigenvalue weighted by atomic mass is 10.1. The number of pyridine rings is 1. The minimum absolute atomic E-state index is 0.296. The number of benzene rings is 2. The molecule has 1 N–H and O–H groups in total. The van der Waals surface area contributed by atoms with Gasteiger partial charge in [0, 0.05) is 18.4 Å². The molecule has 0 unspecified atom stereocenters. The van der Waals surface area contributed by atoms with Crippen LogP contribution in [0.15, 0.2) is 72.9 Å². The van der Waals surface area contributed by atoms with Crippen LogP contribution < -0.4 is 10.2 Å². The van der Waals surface area contributed by atoms with E-state index < -0.39 is 5.97 Å². The van der Waals surface area contributed by atoms with E-state index in [9.17, 15) is 9.59 Å². The van der Waals surface area contributed by atoms with Gasteiger partial charge in [0.25, 0.3) is 5.91 Å². The molecule has 3 aromatic rings. The summed E-state index contributed by atoms with van der Waals surface area (Å²) in [5, 5.41) is 2.74. The maximum absolute atomic E-state index is 12.6. The molecular weight excluding hydrogens is 354 g/mol. The Kier molecular flexibility index (Phi) is 6.01. The molecule has 2 aromatic carbocycles. The number of hydrogen-bond acceptors (Lipinski definition) is 5. The van der Waals surface area contributed by atoms with E-state index in [-0.39, 0.29) is 5.91 Å². The van der Waals surface area contributed by atoms with Crippen LogP contribution in [0.5, 0.6) is 0 Å². The molecule has 0 saturated carbocycles. The van der Waals surface area contributed by atoms with E-state index in [0.29, 0.717) is 16.8 Å². The number of para-hydroxylation sites is 2. The van der Waals surface area contributed by atoms with Crippen LogP contribution in [0.25, 0.3) is 0 Å². The van der Waals surface area contributed by atoms with Crippen LogP contribution in [-0.4, -0.2) is 30.5 Å². The van der Waals surface area contributed by atoms with Gasteiger partial charge < -0.3 is 15.0 Å². The maximum atomic E-state index is 12.6. The average molecular weight is 375 g/mol. The molecule has 0 aliphatic rings. The van der Waals surface area contributed by atoms with Crippen molar-refractivity contribution < 1.29 is 14.3 Å². The normalized spacial score (nSPS) is 10.2. The predicted octanol–water partition coefficient (Wildman–Crippen LogP) is 4.28. The van der Waals surface area contributed by atoms with E-state index >= 15 is 0 Å². The van der Waals surface area contributed by atoms with Crippen LogP contribution in [0.3, 0.4) is 0 Å². The molecule has 6 heteroatoms. The van der Waals surface area contributed by atoms with Gasteiger partial charge in [0.15, 0.2) is 0 Å². The molecule has 1 amide bonds. The second-order valence-corrected chi connectivity index (χ2v) is 5.98. The largest absolute Gasteiger partial charge is 0.465 e. The molecule has 0 aliphatic carbocycles. The minimum Gasteiger partial charge on any atom is -0.465 e. The Bertz CT molecular complexity index is 956. The number of anilines is 3. The predicted molar refractivity (Wildman–Crippen MR) is 109 cm³/mol. The van der Waals surface area contributed by atoms with Gasteiger partial charge in [0.05, 0.1) is 23.9 Å². The third kappa shape index (κ3) is 4.17. The van der Waals surface area contributed by atoms with Gasteiger partial charge in [0.1, 0.15) is 5.82 Å². The first-order valence-electron chi connectivity index (χ1n) is 8.91. The Balaban J connectivity index is 1.79. The van der Waals surface area contributed by atoms with Gasteiger partial charge in [-0.05, 0) is 43.3 Å². The molecule has 3 rings (SSSR count). The van der Waals surface area contributed by atoms with E-state index in [1.807, 2.05) is 42.2 Å². The first kappa shape index (κ1) is 19.1. The zero-order chi connectivity index (χ0) is 19.9. The SMILES string of the molecule is CCN(c1ccccc1)c1ccc(C(=O)Nc2ccccc2C(=O)OC)cn1. The molecule has 6 nitrogen and oxygen atoms in total. The van der Waals surface area contributed by atoms with Gasteiger partial charge in [-0.1, -0.05) is 30.3 Å². The fourth-order valence-electron chi connectivity index (χ4n) is 2.84. The van der Waals surface area contributed by atoms with Crippen LogP contribution in [0.1, 0.15) is 27.6 Å². The summed E-state index contributed by atoms with van der Waals surface area (Å²) in [6.07, 6.45) is 1.52. The van der Waals surface area contributed by atoms with Gasteiger partial charge in [-0.25, -0.2) is 9.78 Å². The zero-order valence-corrected chi connectivity index (χ0v) is 15.8. The lowest BCUT2D eigenvalue weighted by Crippen LogP contribution is -2.18. The summed E-state index contributed by atoms with van der Waals surface area (Å²) in [5.74, 6) is -0.107. The van der Waals surface area contributed by atoms with Crippen molar-refractivity contribution in [1.82, 2.24) is 4.98 Å². The summed E-state index contributed by atoms with van der Waals surface area (Å²) >= 11 is 0. The van der Waals surface area contributed by atoms with E-state index in [0.717, 1.165) is 18.1 Å². The summed E-state index contributed by atoms with van der Waals surface area (Å²) in [7, 11) is 1.30. The molecule has 0 spiro atoms. The number of rotatable bonds is 6. The quantitative estimate of drug-likeness (QED) is 0.651. The van der Waals surface area contributed by atoms with Crippen molar-refractivity contribution in [2.45, 2.75) is 6.92 Å². The summed E-state index contributed by atoms with van der Waals surface area (Å²) in [5.41, 5.74) is 2.11. The lowest BCUT2D eigenvalue weighted by Gasteiger charge is -2.22. The molecule has 142 valence electrons. The number of nitrogens with zero attached hydrogens (tertiary/aromatic N) is 2. The number of hydrogen-bond donors (Lipinski definition) is 1. The summed E-state index contributed by atoms with van der Waals surface area (Å²) in [4.78, 5) is 30.9. The molecule has 0 atom stereocenters. The Hall–Kier alpha value is -3.67. The van der Waals surface area contributed by atoms with Crippen LogP contribution in [0.4, 0.5) is 17.2 Å². The van der Waals surface area contributed by atoms with E-state index in [2.05, 4.69) is 10.3 Å². The summed E-state index contributed by atoms with van der Waals surface area (Å²) in [6, 6.07) is 20.1. The van der Waals surface area contributed by atoms with E-state index in [1.165, 1.54) is 13.3 Å². The maximum Gasteiger partial charge on any atom is 0.339 e. The number of carbonyl (C=O) groups is 2. The van der Waals surface area contributed by atoms with Gasteiger partial charge in [-0.15, -0.1) is 0 Å². The smallest absolute Gasteiger partial charge is 0.339 e. The Morgan fingerprint density at radius 1 is 1.00 bits per heavy atom. The number of amides is 1. The monoisotopic (exact) mass is 375 g/mol. The molecule has 0 saturated heterocycles. The van der Waals surface area contributed by atoms with Gasteiger partial charge >= 0.3 is 5.97 Å². The standard InChI is InChI=1S/C22H21N3O3/c1-3-25(17-9-5-4-6-10-17)20-14-13-16(15-23-20)21(26)24-19-12-8-7-11-18(19)22(27)28-2/h4-15H,3H2,1-2H3,(H,24,26). The van der Waals surface area contributed by atoms with Crippen molar-refractivity contribution in [2.24, 2.45) is 0 Å². The van der Waals surface area contributed by atoms with Crippen molar-refractivity contribution in [3.63, 3.8) is 0 Å². The molecule has 0 fully saturated rings. The van der Waals surface area contributed by atoms with Gasteiger partial charge in [0.2, 0.25) is 0 Å². The fourth-order valence-corrected chi connectivity index (χ4v) is 2.84. The zero-order valence-electron chi connectivity index (χ0n) is 15.8. The molecule has 1 heterocycles. The minimum atomic E-state index is -0.508. The number of carbonyl (C=O) groups excluding carboxylic acids is 2. The van der Waals surface area contributed by atoms with Crippen molar-refractivity contribution in [3.8, 4) is 0 Å². The Morgan fingerprint density at radius 3 is 2.36 bits per heavy atom. The average Bonchev–Trinajstić information content (AvgIpc) is 2.75. The molecule has 0 radical (unpaired) electrons. The highest BCUT2D eigenvalue weighted by atomic mass is 16.5. The number of nitrogens with one attached hydrogen (secondary N) is 1. The highest BCUT2D eigenvalue weighted by molar-refractivity contribution is 6.07. The molecule has 0 bridgehead atoms. The first-order chi connectivity index (χ1) is 13.6. The van der Waals surface area contributed by atoms with Crippen LogP contribution in [0, 0.1) is 0 Å². The second-order valence-electron chi connectivity index (χ2n) is 5.98. The highest BCUT2D eigenvalue weighted by Gasteiger charge is 2.15. The highest BCUT2D eigenvalue weighted by Crippen LogP contribution is 2.23. The number of esters is 1. The third-order valence-corrected chi connectivity index (χ3v) is 4.25. The van der Waals surface area contributed by atoms with E-state index in [4.69, 9.17) is 4.74 Å². The third-order valence-electron chi connectivity index (χ3n) is 4.25. The molecular formula is C22H21N3O3. The molecule has 0 aliphatic heterocycles. The van der Waals surface area contributed by atoms with Crippen LogP contribution in [-0.2, 0) is 4.74 Å². The molecule has 1 aromatic heterocycles. The Morgan fingerprint density at radius 2 is 1.71 bits per heavy atom. The van der Waals surface area contributed by atoms with Crippen molar-refractivity contribution in [2.75, 3.05) is 23.9 Å². The first-order valence-corrected chi connectivity index (χ1v) is 8.91. The summed E-state index contributed by atoms with van der Waals surface area (Å²) in [6.45, 7) is 2.79. The Labute approximate surface area is 163 Å². The summed E-state index contributed by atoms with van der Waals surface area (Å²) < 4.78 is 4.75. The fraction of sp³-hybridized carbons (Fsp3) is 0.136.